The van der Waals surface area contributed by atoms with Gasteiger partial charge in [0, 0.05) is 22.1 Å². The fourth-order valence-electron chi connectivity index (χ4n) is 7.98. The Balaban J connectivity index is 1.06. The van der Waals surface area contributed by atoms with Gasteiger partial charge in [0.25, 0.3) is 0 Å². The van der Waals surface area contributed by atoms with Crippen molar-refractivity contribution in [2.45, 2.75) is 37.5 Å². The molecule has 0 aliphatic heterocycles. The molecule has 0 saturated heterocycles. The number of nitrogens with zero attached hydrogens (tertiary/aromatic N) is 3. The van der Waals surface area contributed by atoms with Crippen molar-refractivity contribution in [2.75, 3.05) is 0 Å². The molecule has 3 nitrogen and oxygen atoms in total. The molecule has 1 saturated carbocycles. The molecule has 250 valence electrons. The molecule has 1 aromatic heterocycles. The van der Waals surface area contributed by atoms with Crippen molar-refractivity contribution in [1.29, 1.82) is 0 Å². The van der Waals surface area contributed by atoms with E-state index in [1.165, 1.54) is 57.9 Å². The van der Waals surface area contributed by atoms with E-state index in [4.69, 9.17) is 15.0 Å². The average molecular weight is 670 g/mol. The molecule has 1 aliphatic carbocycles. The summed E-state index contributed by atoms with van der Waals surface area (Å²) >= 11 is 0. The zero-order chi connectivity index (χ0) is 34.7. The maximum Gasteiger partial charge on any atom is 0.164 e. The first-order chi connectivity index (χ1) is 25.7. The Bertz CT molecular complexity index is 2450. The Labute approximate surface area is 305 Å². The molecular weight excluding hydrogens is 631 g/mol. The normalized spacial score (nSPS) is 13.9. The molecule has 1 heterocycles. The van der Waals surface area contributed by atoms with E-state index in [0.717, 1.165) is 35.1 Å². The van der Waals surface area contributed by atoms with E-state index in [1.807, 2.05) is 24.3 Å². The summed E-state index contributed by atoms with van der Waals surface area (Å²) in [5.74, 6) is 2.02. The van der Waals surface area contributed by atoms with Gasteiger partial charge in [-0.05, 0) is 63.1 Å². The molecule has 0 unspecified atom stereocenters. The summed E-state index contributed by atoms with van der Waals surface area (Å²) < 4.78 is 0. The molecule has 1 aliphatic rings. The van der Waals surface area contributed by atoms with Gasteiger partial charge < -0.3 is 0 Å². The fourth-order valence-corrected chi connectivity index (χ4v) is 7.98. The summed E-state index contributed by atoms with van der Waals surface area (Å²) in [6.45, 7) is 0. The van der Waals surface area contributed by atoms with Gasteiger partial charge in [-0.15, -0.1) is 0 Å². The van der Waals surface area contributed by atoms with E-state index >= 15 is 0 Å². The number of hydrogen-bond donors (Lipinski definition) is 0. The largest absolute Gasteiger partial charge is 0.208 e. The first-order valence-electron chi connectivity index (χ1n) is 18.4. The topological polar surface area (TPSA) is 38.7 Å². The molecule has 52 heavy (non-hydrogen) atoms. The van der Waals surface area contributed by atoms with Crippen molar-refractivity contribution in [3.05, 3.63) is 187 Å². The SMILES string of the molecule is c1ccc(-c2ccc(-c3nc(-c4ccccc4)nc(-c4ccc(C5(c6ccc(-c7ccc8ccccc8c7)cc6)CCCCC5)cc4)n3)cc2)cc1. The van der Waals surface area contributed by atoms with Crippen LogP contribution in [-0.4, -0.2) is 15.0 Å². The zero-order valence-corrected chi connectivity index (χ0v) is 29.1. The first-order valence-corrected chi connectivity index (χ1v) is 18.4. The van der Waals surface area contributed by atoms with Gasteiger partial charge >= 0.3 is 0 Å². The standard InChI is InChI=1S/C49H39N3/c1-4-12-35(13-5-1)37-18-21-40(22-19-37)47-50-46(39-15-6-2-7-16-39)51-48(52-47)41-26-30-45(31-27-41)49(32-10-3-11-33-49)44-28-24-38(25-29-44)43-23-20-36-14-8-9-17-42(36)34-43/h1-2,4-9,12-31,34H,3,10-11,32-33H2. The van der Waals surface area contributed by atoms with Gasteiger partial charge in [-0.1, -0.05) is 189 Å². The second-order valence-electron chi connectivity index (χ2n) is 14.0. The minimum atomic E-state index is -0.0152. The van der Waals surface area contributed by atoms with E-state index in [0.29, 0.717) is 17.5 Å². The fraction of sp³-hybridized carbons (Fsp3) is 0.122. The Morgan fingerprint density at radius 1 is 0.308 bits per heavy atom. The summed E-state index contributed by atoms with van der Waals surface area (Å²) in [5.41, 5.74) is 10.5. The maximum atomic E-state index is 5.05. The molecule has 0 N–H and O–H groups in total. The van der Waals surface area contributed by atoms with Crippen molar-refractivity contribution >= 4 is 10.8 Å². The summed E-state index contributed by atoms with van der Waals surface area (Å²) in [5, 5.41) is 2.55. The number of aromatic nitrogens is 3. The van der Waals surface area contributed by atoms with Crippen LogP contribution in [0.15, 0.2) is 176 Å². The van der Waals surface area contributed by atoms with Crippen LogP contribution in [0.5, 0.6) is 0 Å². The lowest BCUT2D eigenvalue weighted by molar-refractivity contribution is 0.346. The van der Waals surface area contributed by atoms with Crippen LogP contribution in [-0.2, 0) is 5.41 Å². The predicted molar refractivity (Wildman–Crippen MR) is 215 cm³/mol. The highest BCUT2D eigenvalue weighted by molar-refractivity contribution is 5.87. The van der Waals surface area contributed by atoms with Crippen LogP contribution in [0.4, 0.5) is 0 Å². The lowest BCUT2D eigenvalue weighted by Crippen LogP contribution is -2.30. The molecule has 9 rings (SSSR count). The van der Waals surface area contributed by atoms with Crippen LogP contribution < -0.4 is 0 Å². The molecule has 0 spiro atoms. The molecule has 8 aromatic rings. The number of rotatable bonds is 7. The lowest BCUT2D eigenvalue weighted by Gasteiger charge is -2.39. The van der Waals surface area contributed by atoms with E-state index in [2.05, 4.69) is 152 Å². The van der Waals surface area contributed by atoms with Crippen molar-refractivity contribution in [1.82, 2.24) is 15.0 Å². The molecule has 0 bridgehead atoms. The minimum Gasteiger partial charge on any atom is -0.208 e. The number of fused-ring (bicyclic) bond motifs is 1. The second kappa shape index (κ2) is 13.8. The third kappa shape index (κ3) is 6.20. The van der Waals surface area contributed by atoms with E-state index in [1.54, 1.807) is 0 Å². The molecule has 0 radical (unpaired) electrons. The summed E-state index contributed by atoms with van der Waals surface area (Å²) in [6, 6.07) is 62.9. The van der Waals surface area contributed by atoms with Gasteiger partial charge in [0.05, 0.1) is 0 Å². The third-order valence-electron chi connectivity index (χ3n) is 10.8. The van der Waals surface area contributed by atoms with Crippen LogP contribution in [0.2, 0.25) is 0 Å². The molecule has 7 aromatic carbocycles. The zero-order valence-electron chi connectivity index (χ0n) is 29.1. The Morgan fingerprint density at radius 3 is 1.27 bits per heavy atom. The summed E-state index contributed by atoms with van der Waals surface area (Å²) in [6.07, 6.45) is 6.05. The van der Waals surface area contributed by atoms with Crippen molar-refractivity contribution < 1.29 is 0 Å². The monoisotopic (exact) mass is 669 g/mol. The van der Waals surface area contributed by atoms with Crippen LogP contribution in [0.1, 0.15) is 43.2 Å². The van der Waals surface area contributed by atoms with Crippen LogP contribution in [0, 0.1) is 0 Å². The number of benzene rings is 7. The first kappa shape index (κ1) is 31.8. The van der Waals surface area contributed by atoms with Gasteiger partial charge in [0.2, 0.25) is 0 Å². The predicted octanol–water partition coefficient (Wildman–Crippen LogP) is 12.6. The Morgan fingerprint density at radius 2 is 0.692 bits per heavy atom. The van der Waals surface area contributed by atoms with Gasteiger partial charge in [-0.3, -0.25) is 0 Å². The smallest absolute Gasteiger partial charge is 0.164 e. The summed E-state index contributed by atoms with van der Waals surface area (Å²) in [4.78, 5) is 15.0. The molecule has 3 heteroatoms. The van der Waals surface area contributed by atoms with Gasteiger partial charge in [-0.25, -0.2) is 15.0 Å². The van der Waals surface area contributed by atoms with Crippen LogP contribution in [0.25, 0.3) is 67.2 Å². The average Bonchev–Trinajstić information content (AvgIpc) is 3.24. The van der Waals surface area contributed by atoms with Crippen LogP contribution >= 0.6 is 0 Å². The lowest BCUT2D eigenvalue weighted by atomic mass is 9.65. The van der Waals surface area contributed by atoms with Gasteiger partial charge in [0.1, 0.15) is 0 Å². The van der Waals surface area contributed by atoms with E-state index in [9.17, 15) is 0 Å². The highest BCUT2D eigenvalue weighted by Gasteiger charge is 2.35. The van der Waals surface area contributed by atoms with Crippen molar-refractivity contribution in [3.8, 4) is 56.4 Å². The third-order valence-corrected chi connectivity index (χ3v) is 10.8. The molecule has 1 fully saturated rings. The van der Waals surface area contributed by atoms with E-state index < -0.39 is 0 Å². The molecule has 0 atom stereocenters. The summed E-state index contributed by atoms with van der Waals surface area (Å²) in [7, 11) is 0. The van der Waals surface area contributed by atoms with Crippen LogP contribution in [0.3, 0.4) is 0 Å². The van der Waals surface area contributed by atoms with Gasteiger partial charge in [-0.2, -0.15) is 0 Å². The minimum absolute atomic E-state index is 0.0152. The maximum absolute atomic E-state index is 5.05. The van der Waals surface area contributed by atoms with Crippen molar-refractivity contribution in [3.63, 3.8) is 0 Å². The quantitative estimate of drug-likeness (QED) is 0.169. The molecule has 0 amide bonds. The molecular formula is C49H39N3. The Hall–Kier alpha value is -6.19. The second-order valence-corrected chi connectivity index (χ2v) is 14.0. The number of hydrogen-bond acceptors (Lipinski definition) is 3. The van der Waals surface area contributed by atoms with Gasteiger partial charge in [0.15, 0.2) is 17.5 Å². The van der Waals surface area contributed by atoms with Crippen molar-refractivity contribution in [2.24, 2.45) is 0 Å². The Kier molecular flexibility index (Phi) is 8.46. The highest BCUT2D eigenvalue weighted by Crippen LogP contribution is 2.46. The highest BCUT2D eigenvalue weighted by atomic mass is 15.0. The van der Waals surface area contributed by atoms with E-state index in [-0.39, 0.29) is 5.41 Å².